The molecule has 1 aromatic carbocycles. The van der Waals surface area contributed by atoms with Crippen LogP contribution in [0.1, 0.15) is 6.92 Å². The van der Waals surface area contributed by atoms with Gasteiger partial charge in [-0.15, -0.1) is 0 Å². The second-order valence-corrected chi connectivity index (χ2v) is 17.3. The molecule has 0 fully saturated rings. The fraction of sp³-hybridized carbons (Fsp3) is 0.500. The Morgan fingerprint density at radius 2 is 1.56 bits per heavy atom. The van der Waals surface area contributed by atoms with E-state index in [2.05, 4.69) is 82.1 Å². The lowest BCUT2D eigenvalue weighted by Gasteiger charge is -2.34. The van der Waals surface area contributed by atoms with Crippen LogP contribution in [0, 0.1) is 0 Å². The van der Waals surface area contributed by atoms with Gasteiger partial charge in [0.1, 0.15) is 0 Å². The van der Waals surface area contributed by atoms with E-state index >= 15 is 0 Å². The SMILES string of the molecule is C/C=C\[C@@H](C[Si](C)(C)C)[Si](C)(C)c1ccccc1. The van der Waals surface area contributed by atoms with E-state index in [0.29, 0.717) is 0 Å². The molecular formula is C16H28Si2. The van der Waals surface area contributed by atoms with E-state index in [1.165, 1.54) is 6.04 Å². The van der Waals surface area contributed by atoms with Crippen LogP contribution in [0.2, 0.25) is 44.3 Å². The summed E-state index contributed by atoms with van der Waals surface area (Å²) >= 11 is 0. The maximum absolute atomic E-state index is 2.52. The third-order valence-electron chi connectivity index (χ3n) is 3.70. The fourth-order valence-electron chi connectivity index (χ4n) is 2.54. The quantitative estimate of drug-likeness (QED) is 0.531. The second kappa shape index (κ2) is 6.02. The summed E-state index contributed by atoms with van der Waals surface area (Å²) in [5, 5.41) is 1.59. The predicted octanol–water partition coefficient (Wildman–Crippen LogP) is 4.89. The molecule has 0 aliphatic heterocycles. The van der Waals surface area contributed by atoms with Crippen molar-refractivity contribution in [3.05, 3.63) is 42.5 Å². The lowest BCUT2D eigenvalue weighted by atomic mass is 10.4. The third-order valence-corrected chi connectivity index (χ3v) is 9.85. The number of hydrogen-bond acceptors (Lipinski definition) is 0. The summed E-state index contributed by atoms with van der Waals surface area (Å²) in [4.78, 5) is 0. The van der Waals surface area contributed by atoms with Crippen LogP contribution in [0.15, 0.2) is 42.5 Å². The van der Waals surface area contributed by atoms with Crippen molar-refractivity contribution in [3.8, 4) is 0 Å². The molecule has 0 aromatic heterocycles. The first-order chi connectivity index (χ1) is 8.27. The Balaban J connectivity index is 3.04. The number of benzene rings is 1. The van der Waals surface area contributed by atoms with Crippen molar-refractivity contribution in [2.24, 2.45) is 0 Å². The second-order valence-electron chi connectivity index (χ2n) is 6.98. The first-order valence-electron chi connectivity index (χ1n) is 6.96. The Labute approximate surface area is 115 Å². The van der Waals surface area contributed by atoms with Gasteiger partial charge in [-0.3, -0.25) is 0 Å². The van der Waals surface area contributed by atoms with Crippen LogP contribution in [0.5, 0.6) is 0 Å². The zero-order chi connectivity index (χ0) is 13.8. The van der Waals surface area contributed by atoms with Crippen molar-refractivity contribution in [3.63, 3.8) is 0 Å². The van der Waals surface area contributed by atoms with Crippen molar-refractivity contribution in [2.45, 2.75) is 51.2 Å². The molecule has 1 rings (SSSR count). The topological polar surface area (TPSA) is 0 Å². The van der Waals surface area contributed by atoms with E-state index < -0.39 is 16.1 Å². The van der Waals surface area contributed by atoms with Crippen LogP contribution in [-0.2, 0) is 0 Å². The molecule has 0 spiro atoms. The first-order valence-corrected chi connectivity index (χ1v) is 13.7. The average Bonchev–Trinajstić information content (AvgIpc) is 2.28. The van der Waals surface area contributed by atoms with E-state index in [4.69, 9.17) is 0 Å². The summed E-state index contributed by atoms with van der Waals surface area (Å²) < 4.78 is 0. The standard InChI is InChI=1S/C16H28Si2/c1-7-11-16(14-17(2,3)4)18(5,6)15-12-9-8-10-13-15/h7-13,16H,14H2,1-6H3/b11-7-/t16-/m0/s1. The van der Waals surface area contributed by atoms with Gasteiger partial charge in [-0.1, -0.05) is 86.4 Å². The summed E-state index contributed by atoms with van der Waals surface area (Å²) in [7, 11) is -2.41. The van der Waals surface area contributed by atoms with Crippen LogP contribution in [0.3, 0.4) is 0 Å². The van der Waals surface area contributed by atoms with Gasteiger partial charge in [0.25, 0.3) is 0 Å². The minimum atomic E-state index is -1.39. The predicted molar refractivity (Wildman–Crippen MR) is 90.3 cm³/mol. The largest absolute Gasteiger partial charge is 0.0917 e. The van der Waals surface area contributed by atoms with Crippen molar-refractivity contribution < 1.29 is 0 Å². The van der Waals surface area contributed by atoms with Gasteiger partial charge in [-0.05, 0) is 12.5 Å². The number of rotatable bonds is 5. The first kappa shape index (κ1) is 15.5. The number of allylic oxidation sites excluding steroid dienone is 2. The van der Waals surface area contributed by atoms with Crippen LogP contribution < -0.4 is 5.19 Å². The molecule has 100 valence electrons. The Morgan fingerprint density at radius 1 is 1.00 bits per heavy atom. The smallest absolute Gasteiger partial charge is 0.0870 e. The number of hydrogen-bond donors (Lipinski definition) is 0. The molecule has 18 heavy (non-hydrogen) atoms. The van der Waals surface area contributed by atoms with E-state index in [1.54, 1.807) is 5.19 Å². The van der Waals surface area contributed by atoms with E-state index in [0.717, 1.165) is 5.54 Å². The highest BCUT2D eigenvalue weighted by Gasteiger charge is 2.34. The lowest BCUT2D eigenvalue weighted by molar-refractivity contribution is 1.09. The molecule has 0 N–H and O–H groups in total. The van der Waals surface area contributed by atoms with Gasteiger partial charge in [0, 0.05) is 8.07 Å². The molecule has 0 nitrogen and oxygen atoms in total. The minimum absolute atomic E-state index is 0.775. The van der Waals surface area contributed by atoms with Gasteiger partial charge >= 0.3 is 0 Å². The highest BCUT2D eigenvalue weighted by Crippen LogP contribution is 2.32. The summed E-state index contributed by atoms with van der Waals surface area (Å²) in [6.45, 7) is 14.7. The van der Waals surface area contributed by atoms with E-state index in [9.17, 15) is 0 Å². The van der Waals surface area contributed by atoms with Gasteiger partial charge in [0.05, 0.1) is 8.07 Å². The average molecular weight is 277 g/mol. The van der Waals surface area contributed by atoms with Crippen molar-refractivity contribution in [1.29, 1.82) is 0 Å². The van der Waals surface area contributed by atoms with Gasteiger partial charge in [0.15, 0.2) is 0 Å². The maximum Gasteiger partial charge on any atom is 0.0870 e. The molecule has 0 saturated carbocycles. The zero-order valence-corrected chi connectivity index (χ0v) is 14.8. The van der Waals surface area contributed by atoms with Crippen LogP contribution >= 0.6 is 0 Å². The van der Waals surface area contributed by atoms with E-state index in [-0.39, 0.29) is 0 Å². The molecular weight excluding hydrogens is 248 g/mol. The lowest BCUT2D eigenvalue weighted by Crippen LogP contribution is -2.47. The van der Waals surface area contributed by atoms with Crippen molar-refractivity contribution in [2.75, 3.05) is 0 Å². The highest BCUT2D eigenvalue weighted by molar-refractivity contribution is 6.93. The molecule has 0 aliphatic carbocycles. The van der Waals surface area contributed by atoms with Crippen molar-refractivity contribution in [1.82, 2.24) is 0 Å². The van der Waals surface area contributed by atoms with Crippen molar-refractivity contribution >= 4 is 21.3 Å². The Morgan fingerprint density at radius 3 is 2.00 bits per heavy atom. The maximum atomic E-state index is 2.52. The Hall–Kier alpha value is -0.606. The summed E-state index contributed by atoms with van der Waals surface area (Å²) in [6.07, 6.45) is 4.72. The molecule has 2 heteroatoms. The van der Waals surface area contributed by atoms with Crippen LogP contribution in [0.25, 0.3) is 0 Å². The summed E-state index contributed by atoms with van der Waals surface area (Å²) in [5.41, 5.74) is 0.775. The van der Waals surface area contributed by atoms with Gasteiger partial charge in [-0.25, -0.2) is 0 Å². The van der Waals surface area contributed by atoms with E-state index in [1.807, 2.05) is 0 Å². The minimum Gasteiger partial charge on any atom is -0.0917 e. The fourth-order valence-corrected chi connectivity index (χ4v) is 10.0. The van der Waals surface area contributed by atoms with Gasteiger partial charge in [0.2, 0.25) is 0 Å². The third kappa shape index (κ3) is 4.25. The van der Waals surface area contributed by atoms with Crippen LogP contribution in [0.4, 0.5) is 0 Å². The highest BCUT2D eigenvalue weighted by atomic mass is 28.3. The monoisotopic (exact) mass is 276 g/mol. The molecule has 0 aliphatic rings. The molecule has 1 aromatic rings. The van der Waals surface area contributed by atoms with Gasteiger partial charge in [-0.2, -0.15) is 0 Å². The Bertz CT molecular complexity index is 385. The molecule has 0 amide bonds. The van der Waals surface area contributed by atoms with Crippen LogP contribution in [-0.4, -0.2) is 16.1 Å². The summed E-state index contributed by atoms with van der Waals surface area (Å²) in [5.74, 6) is 0. The molecule has 0 saturated heterocycles. The molecule has 0 heterocycles. The molecule has 0 unspecified atom stereocenters. The zero-order valence-electron chi connectivity index (χ0n) is 12.8. The normalized spacial score (nSPS) is 15.0. The molecule has 1 atom stereocenters. The van der Waals surface area contributed by atoms with Gasteiger partial charge < -0.3 is 0 Å². The molecule has 0 radical (unpaired) electrons. The summed E-state index contributed by atoms with van der Waals surface area (Å²) in [6, 6.07) is 12.6. The molecule has 0 bridgehead atoms. The Kier molecular flexibility index (Phi) is 5.17.